The van der Waals surface area contributed by atoms with E-state index in [1.165, 1.54) is 32.1 Å². The van der Waals surface area contributed by atoms with E-state index in [9.17, 15) is 0 Å². The van der Waals surface area contributed by atoms with Crippen molar-refractivity contribution in [3.05, 3.63) is 0 Å². The minimum absolute atomic E-state index is 0.543. The van der Waals surface area contributed by atoms with Crippen molar-refractivity contribution in [1.82, 2.24) is 0 Å². The van der Waals surface area contributed by atoms with E-state index in [4.69, 9.17) is 0 Å². The molecule has 1 unspecified atom stereocenters. The molecule has 0 amide bonds. The van der Waals surface area contributed by atoms with Gasteiger partial charge in [-0.1, -0.05) is 49.3 Å². The molecule has 70 valence electrons. The second-order valence-electron chi connectivity index (χ2n) is 5.19. The minimum Gasteiger partial charge on any atom is -0.0792 e. The lowest BCUT2D eigenvalue weighted by atomic mass is 9.61. The van der Waals surface area contributed by atoms with E-state index >= 15 is 0 Å². The quantitative estimate of drug-likeness (QED) is 0.502. The summed E-state index contributed by atoms with van der Waals surface area (Å²) in [4.78, 5) is 0. The molecular weight excluding hydrogens is 259 g/mol. The summed E-state index contributed by atoms with van der Waals surface area (Å²) in [5, 5.41) is 0. The molecule has 12 heavy (non-hydrogen) atoms. The molecule has 0 aromatic heterocycles. The summed E-state index contributed by atoms with van der Waals surface area (Å²) < 4.78 is 0.543. The van der Waals surface area contributed by atoms with Gasteiger partial charge in [0.1, 0.15) is 0 Å². The molecule has 3 fully saturated rings. The molecule has 1 atom stereocenters. The first kappa shape index (κ1) is 9.29. The Balaban J connectivity index is 2.09. The van der Waals surface area contributed by atoms with Crippen LogP contribution < -0.4 is 0 Å². The van der Waals surface area contributed by atoms with Gasteiger partial charge in [-0.15, -0.1) is 0 Å². The molecule has 2 bridgehead atoms. The van der Waals surface area contributed by atoms with Crippen LogP contribution in [0.25, 0.3) is 0 Å². The van der Waals surface area contributed by atoms with Gasteiger partial charge in [-0.2, -0.15) is 0 Å². The monoisotopic (exact) mass is 278 g/mol. The Bertz CT molecular complexity index is 160. The molecule has 1 heteroatoms. The summed E-state index contributed by atoms with van der Waals surface area (Å²) in [5.41, 5.74) is 0. The van der Waals surface area contributed by atoms with Gasteiger partial charge in [0.2, 0.25) is 0 Å². The molecule has 3 saturated carbocycles. The van der Waals surface area contributed by atoms with Gasteiger partial charge in [0.25, 0.3) is 0 Å². The summed E-state index contributed by atoms with van der Waals surface area (Å²) >= 11 is 2.66. The molecule has 0 aromatic rings. The van der Waals surface area contributed by atoms with Crippen LogP contribution in [0.3, 0.4) is 0 Å². The van der Waals surface area contributed by atoms with Crippen molar-refractivity contribution in [2.75, 3.05) is 0 Å². The summed E-state index contributed by atoms with van der Waals surface area (Å²) in [7, 11) is 0. The fourth-order valence-corrected chi connectivity index (χ4v) is 3.98. The van der Waals surface area contributed by atoms with E-state index in [1.54, 1.807) is 0 Å². The van der Waals surface area contributed by atoms with Crippen molar-refractivity contribution in [2.24, 2.45) is 17.8 Å². The molecule has 0 N–H and O–H groups in total. The van der Waals surface area contributed by atoms with Crippen molar-refractivity contribution in [3.63, 3.8) is 0 Å². The Morgan fingerprint density at radius 2 is 1.67 bits per heavy atom. The van der Waals surface area contributed by atoms with Crippen LogP contribution in [0.4, 0.5) is 0 Å². The van der Waals surface area contributed by atoms with Crippen LogP contribution in [-0.2, 0) is 0 Å². The van der Waals surface area contributed by atoms with Crippen molar-refractivity contribution in [1.29, 1.82) is 0 Å². The van der Waals surface area contributed by atoms with Crippen LogP contribution >= 0.6 is 22.6 Å². The summed E-state index contributed by atoms with van der Waals surface area (Å²) in [6.45, 7) is 4.83. The third-order valence-electron chi connectivity index (χ3n) is 3.93. The maximum absolute atomic E-state index is 2.66. The molecule has 3 rings (SSSR count). The maximum Gasteiger partial charge on any atom is 0.0197 e. The average Bonchev–Trinajstić information content (AvgIpc) is 2.05. The highest BCUT2D eigenvalue weighted by Gasteiger charge is 2.41. The molecule has 0 aromatic carbocycles. The number of rotatable bonds is 1. The van der Waals surface area contributed by atoms with Crippen molar-refractivity contribution < 1.29 is 0 Å². The fourth-order valence-electron chi connectivity index (χ4n) is 3.22. The van der Waals surface area contributed by atoms with Gasteiger partial charge < -0.3 is 0 Å². The minimum atomic E-state index is 0.543. The lowest BCUT2D eigenvalue weighted by molar-refractivity contribution is 0.0834. The normalized spacial score (nSPS) is 41.8. The highest BCUT2D eigenvalue weighted by molar-refractivity contribution is 14.1. The summed E-state index contributed by atoms with van der Waals surface area (Å²) in [5.74, 6) is 3.18. The first-order valence-electron chi connectivity index (χ1n) is 5.26. The van der Waals surface area contributed by atoms with E-state index in [-0.39, 0.29) is 0 Å². The highest BCUT2D eigenvalue weighted by atomic mass is 127. The van der Waals surface area contributed by atoms with Gasteiger partial charge in [0.05, 0.1) is 0 Å². The molecule has 0 nitrogen and oxygen atoms in total. The number of hydrogen-bond donors (Lipinski definition) is 0. The summed E-state index contributed by atoms with van der Waals surface area (Å²) in [6.07, 6.45) is 7.66. The first-order valence-corrected chi connectivity index (χ1v) is 6.34. The van der Waals surface area contributed by atoms with Gasteiger partial charge in [0, 0.05) is 3.42 Å². The van der Waals surface area contributed by atoms with E-state index in [1.807, 2.05) is 0 Å². The second-order valence-corrected chi connectivity index (χ2v) is 7.97. The standard InChI is InChI=1S/C11H19I/c1-11(2,12)10-7-8-3-5-9(10)6-4-8/h8-10H,3-7H2,1-2H3. The maximum atomic E-state index is 2.66. The smallest absolute Gasteiger partial charge is 0.0197 e. The second kappa shape index (κ2) is 3.14. The largest absolute Gasteiger partial charge is 0.0792 e. The van der Waals surface area contributed by atoms with Gasteiger partial charge >= 0.3 is 0 Å². The number of fused-ring (bicyclic) bond motifs is 3. The van der Waals surface area contributed by atoms with Gasteiger partial charge in [-0.05, 0) is 37.0 Å². The molecule has 0 spiro atoms. The molecular formula is C11H19I. The lowest BCUT2D eigenvalue weighted by Gasteiger charge is -2.47. The van der Waals surface area contributed by atoms with Crippen LogP contribution in [0.5, 0.6) is 0 Å². The zero-order valence-corrected chi connectivity index (χ0v) is 10.3. The fraction of sp³-hybridized carbons (Fsp3) is 1.00. The molecule has 3 aliphatic rings. The SMILES string of the molecule is CC(C)(I)C1CC2CCC1CC2. The third kappa shape index (κ3) is 1.66. The van der Waals surface area contributed by atoms with Gasteiger partial charge in [-0.25, -0.2) is 0 Å². The summed E-state index contributed by atoms with van der Waals surface area (Å²) in [6, 6.07) is 0. The molecule has 0 radical (unpaired) electrons. The van der Waals surface area contributed by atoms with Crippen LogP contribution in [0, 0.1) is 17.8 Å². The van der Waals surface area contributed by atoms with Crippen LogP contribution in [0.2, 0.25) is 0 Å². The number of hydrogen-bond acceptors (Lipinski definition) is 0. The Kier molecular flexibility index (Phi) is 2.43. The number of alkyl halides is 1. The first-order chi connectivity index (χ1) is 5.57. The predicted molar refractivity (Wildman–Crippen MR) is 61.7 cm³/mol. The highest BCUT2D eigenvalue weighted by Crippen LogP contribution is 2.51. The lowest BCUT2D eigenvalue weighted by Crippen LogP contribution is -2.40. The molecule has 0 saturated heterocycles. The van der Waals surface area contributed by atoms with E-state index in [2.05, 4.69) is 36.4 Å². The zero-order valence-electron chi connectivity index (χ0n) is 8.15. The topological polar surface area (TPSA) is 0 Å². The van der Waals surface area contributed by atoms with Crippen LogP contribution in [-0.4, -0.2) is 3.42 Å². The predicted octanol–water partition coefficient (Wildman–Crippen LogP) is 4.03. The van der Waals surface area contributed by atoms with Crippen LogP contribution in [0.15, 0.2) is 0 Å². The Labute approximate surface area is 89.6 Å². The molecule has 0 heterocycles. The van der Waals surface area contributed by atoms with E-state index in [0.717, 1.165) is 17.8 Å². The Hall–Kier alpha value is 0.730. The molecule has 3 aliphatic carbocycles. The van der Waals surface area contributed by atoms with Crippen LogP contribution in [0.1, 0.15) is 46.0 Å². The Morgan fingerprint density at radius 3 is 1.92 bits per heavy atom. The van der Waals surface area contributed by atoms with Gasteiger partial charge in [0.15, 0.2) is 0 Å². The van der Waals surface area contributed by atoms with E-state index in [0.29, 0.717) is 3.42 Å². The molecule has 0 aliphatic heterocycles. The Morgan fingerprint density at radius 1 is 1.08 bits per heavy atom. The van der Waals surface area contributed by atoms with Gasteiger partial charge in [-0.3, -0.25) is 0 Å². The zero-order chi connectivity index (χ0) is 8.77. The average molecular weight is 278 g/mol. The number of halogens is 1. The van der Waals surface area contributed by atoms with Crippen molar-refractivity contribution >= 4 is 22.6 Å². The van der Waals surface area contributed by atoms with Crippen molar-refractivity contribution in [3.8, 4) is 0 Å². The third-order valence-corrected chi connectivity index (χ3v) is 4.73. The van der Waals surface area contributed by atoms with Crippen molar-refractivity contribution in [2.45, 2.75) is 49.4 Å². The van der Waals surface area contributed by atoms with E-state index < -0.39 is 0 Å².